The summed E-state index contributed by atoms with van der Waals surface area (Å²) in [6.07, 6.45) is 3.24. The number of sulfonamides is 1. The number of aromatic nitrogens is 4. The Balaban J connectivity index is 1.53. The summed E-state index contributed by atoms with van der Waals surface area (Å²) in [6.45, 7) is 5.61. The molecule has 0 unspecified atom stereocenters. The Hall–Kier alpha value is -2.85. The zero-order valence-electron chi connectivity index (χ0n) is 16.3. The summed E-state index contributed by atoms with van der Waals surface area (Å²) in [7, 11) is -3.17. The lowest BCUT2D eigenvalue weighted by Gasteiger charge is -2.34. The fourth-order valence-electron chi connectivity index (χ4n) is 3.24. The summed E-state index contributed by atoms with van der Waals surface area (Å²) in [5.41, 5.74) is 2.41. The number of piperazine rings is 1. The minimum atomic E-state index is -3.17. The monoisotopic (exact) mass is 414 g/mol. The van der Waals surface area contributed by atoms with Crippen molar-refractivity contribution >= 4 is 15.8 Å². The highest BCUT2D eigenvalue weighted by Gasteiger charge is 2.26. The van der Waals surface area contributed by atoms with Crippen molar-refractivity contribution in [3.8, 4) is 23.0 Å². The van der Waals surface area contributed by atoms with Crippen LogP contribution in [0.1, 0.15) is 12.5 Å². The predicted molar refractivity (Wildman–Crippen MR) is 109 cm³/mol. The van der Waals surface area contributed by atoms with Gasteiger partial charge in [0.1, 0.15) is 11.5 Å². The van der Waals surface area contributed by atoms with Crippen molar-refractivity contribution in [2.24, 2.45) is 0 Å². The smallest absolute Gasteiger partial charge is 0.268 e. The molecule has 0 bridgehead atoms. The third kappa shape index (κ3) is 3.99. The average molecular weight is 414 g/mol. The topological polar surface area (TPSA) is 105 Å². The Morgan fingerprint density at radius 3 is 2.48 bits per heavy atom. The molecule has 3 heterocycles. The summed E-state index contributed by atoms with van der Waals surface area (Å²) in [5.74, 6) is 1.50. The largest absolute Gasteiger partial charge is 0.415 e. The van der Waals surface area contributed by atoms with Gasteiger partial charge in [-0.2, -0.15) is 4.31 Å². The molecule has 3 aromatic rings. The number of nitrogens with zero attached hydrogens (tertiary/aromatic N) is 6. The molecule has 1 aliphatic heterocycles. The average Bonchev–Trinajstić information content (AvgIpc) is 3.24. The van der Waals surface area contributed by atoms with Crippen molar-refractivity contribution in [2.75, 3.05) is 36.8 Å². The highest BCUT2D eigenvalue weighted by atomic mass is 32.2. The lowest BCUT2D eigenvalue weighted by atomic mass is 10.1. The molecule has 0 radical (unpaired) electrons. The number of aryl methyl sites for hydroxylation is 1. The van der Waals surface area contributed by atoms with Crippen LogP contribution in [0.25, 0.3) is 23.0 Å². The molecule has 0 amide bonds. The van der Waals surface area contributed by atoms with Crippen molar-refractivity contribution in [1.29, 1.82) is 0 Å². The fraction of sp³-hybridized carbons (Fsp3) is 0.368. The fourth-order valence-corrected chi connectivity index (χ4v) is 4.32. The number of hydrogen-bond donors (Lipinski definition) is 0. The first-order valence-corrected chi connectivity index (χ1v) is 11.0. The molecule has 0 spiro atoms. The molecular weight excluding hydrogens is 392 g/mol. The highest BCUT2D eigenvalue weighted by Crippen LogP contribution is 2.26. The van der Waals surface area contributed by atoms with E-state index in [1.165, 1.54) is 4.31 Å². The lowest BCUT2D eigenvalue weighted by molar-refractivity contribution is 0.384. The van der Waals surface area contributed by atoms with E-state index in [-0.39, 0.29) is 5.75 Å². The molecule has 0 atom stereocenters. The van der Waals surface area contributed by atoms with Gasteiger partial charge in [0.15, 0.2) is 0 Å². The molecule has 10 heteroatoms. The number of benzene rings is 1. The maximum Gasteiger partial charge on any atom is 0.268 e. The molecule has 152 valence electrons. The van der Waals surface area contributed by atoms with E-state index in [1.807, 2.05) is 36.1 Å². The van der Waals surface area contributed by atoms with Crippen LogP contribution in [0.15, 0.2) is 41.1 Å². The first-order chi connectivity index (χ1) is 14.0. The summed E-state index contributed by atoms with van der Waals surface area (Å²) in [6, 6.07) is 7.79. The third-order valence-electron chi connectivity index (χ3n) is 4.96. The van der Waals surface area contributed by atoms with Crippen LogP contribution in [-0.2, 0) is 10.0 Å². The second-order valence-electron chi connectivity index (χ2n) is 6.78. The summed E-state index contributed by atoms with van der Waals surface area (Å²) >= 11 is 0. The van der Waals surface area contributed by atoms with E-state index in [1.54, 1.807) is 19.3 Å². The molecule has 2 aromatic heterocycles. The van der Waals surface area contributed by atoms with Gasteiger partial charge in [0.05, 0.1) is 18.1 Å². The van der Waals surface area contributed by atoms with Gasteiger partial charge >= 0.3 is 0 Å². The Morgan fingerprint density at radius 2 is 1.76 bits per heavy atom. The first-order valence-electron chi connectivity index (χ1n) is 9.42. The standard InChI is InChI=1S/C19H22N6O3S/c1-3-29(26,27)25-10-8-24(9-11-25)17-13-20-12-16(21-17)19-23-22-18(28-19)15-7-5-4-6-14(15)2/h4-7,12-13H,3,8-11H2,1-2H3. The van der Waals surface area contributed by atoms with Crippen LogP contribution in [0.2, 0.25) is 0 Å². The van der Waals surface area contributed by atoms with E-state index in [2.05, 4.69) is 20.2 Å². The Bertz CT molecular complexity index is 1110. The van der Waals surface area contributed by atoms with Crippen LogP contribution in [0, 0.1) is 6.92 Å². The molecule has 29 heavy (non-hydrogen) atoms. The van der Waals surface area contributed by atoms with Gasteiger partial charge in [-0.15, -0.1) is 10.2 Å². The maximum atomic E-state index is 12.0. The highest BCUT2D eigenvalue weighted by molar-refractivity contribution is 7.89. The Morgan fingerprint density at radius 1 is 1.03 bits per heavy atom. The van der Waals surface area contributed by atoms with Crippen molar-refractivity contribution < 1.29 is 12.8 Å². The number of hydrogen-bond acceptors (Lipinski definition) is 8. The predicted octanol–water partition coefficient (Wildman–Crippen LogP) is 1.97. The van der Waals surface area contributed by atoms with Gasteiger partial charge in [0.2, 0.25) is 15.9 Å². The molecule has 1 aromatic carbocycles. The van der Waals surface area contributed by atoms with Gasteiger partial charge in [0, 0.05) is 31.7 Å². The second-order valence-corrected chi connectivity index (χ2v) is 9.03. The molecule has 0 aliphatic carbocycles. The second kappa shape index (κ2) is 7.88. The van der Waals surface area contributed by atoms with E-state index < -0.39 is 10.0 Å². The van der Waals surface area contributed by atoms with Crippen LogP contribution in [0.4, 0.5) is 5.82 Å². The Labute approximate surface area is 169 Å². The molecule has 0 saturated carbocycles. The normalized spacial score (nSPS) is 15.6. The van der Waals surface area contributed by atoms with Crippen molar-refractivity contribution in [1.82, 2.24) is 24.5 Å². The van der Waals surface area contributed by atoms with Crippen LogP contribution < -0.4 is 4.90 Å². The van der Waals surface area contributed by atoms with Gasteiger partial charge in [-0.3, -0.25) is 4.98 Å². The Kier molecular flexibility index (Phi) is 5.29. The summed E-state index contributed by atoms with van der Waals surface area (Å²) < 4.78 is 31.4. The molecule has 1 fully saturated rings. The number of rotatable bonds is 5. The summed E-state index contributed by atoms with van der Waals surface area (Å²) in [4.78, 5) is 10.9. The zero-order chi connectivity index (χ0) is 20.4. The maximum absolute atomic E-state index is 12.0. The molecular formula is C19H22N6O3S. The quantitative estimate of drug-likeness (QED) is 0.624. The van der Waals surface area contributed by atoms with Crippen LogP contribution in [0.3, 0.4) is 0 Å². The molecule has 4 rings (SSSR count). The molecule has 1 saturated heterocycles. The van der Waals surface area contributed by atoms with Crippen LogP contribution in [-0.4, -0.2) is 64.8 Å². The van der Waals surface area contributed by atoms with Crippen molar-refractivity contribution in [3.05, 3.63) is 42.2 Å². The molecule has 1 aliphatic rings. The van der Waals surface area contributed by atoms with Gasteiger partial charge in [-0.05, 0) is 25.5 Å². The third-order valence-corrected chi connectivity index (χ3v) is 6.84. The van der Waals surface area contributed by atoms with Gasteiger partial charge in [0.25, 0.3) is 5.89 Å². The molecule has 9 nitrogen and oxygen atoms in total. The van der Waals surface area contributed by atoms with E-state index in [4.69, 9.17) is 4.42 Å². The lowest BCUT2D eigenvalue weighted by Crippen LogP contribution is -2.49. The van der Waals surface area contributed by atoms with E-state index in [0.717, 1.165) is 11.1 Å². The van der Waals surface area contributed by atoms with E-state index in [0.29, 0.717) is 49.5 Å². The van der Waals surface area contributed by atoms with Crippen LogP contribution >= 0.6 is 0 Å². The van der Waals surface area contributed by atoms with Crippen molar-refractivity contribution in [2.45, 2.75) is 13.8 Å². The minimum Gasteiger partial charge on any atom is -0.415 e. The van der Waals surface area contributed by atoms with E-state index in [9.17, 15) is 8.42 Å². The summed E-state index contributed by atoms with van der Waals surface area (Å²) in [5, 5.41) is 8.26. The van der Waals surface area contributed by atoms with Crippen molar-refractivity contribution in [3.63, 3.8) is 0 Å². The van der Waals surface area contributed by atoms with Gasteiger partial charge in [-0.1, -0.05) is 18.2 Å². The zero-order valence-corrected chi connectivity index (χ0v) is 17.1. The minimum absolute atomic E-state index is 0.114. The first kappa shape index (κ1) is 19.5. The van der Waals surface area contributed by atoms with Gasteiger partial charge < -0.3 is 9.32 Å². The molecule has 0 N–H and O–H groups in total. The number of anilines is 1. The SMILES string of the molecule is CCS(=O)(=O)N1CCN(c2cncc(-c3nnc(-c4ccccc4C)o3)n2)CC1. The van der Waals surface area contributed by atoms with Crippen LogP contribution in [0.5, 0.6) is 0 Å². The van der Waals surface area contributed by atoms with Gasteiger partial charge in [-0.25, -0.2) is 13.4 Å². The van der Waals surface area contributed by atoms with E-state index >= 15 is 0 Å².